The van der Waals surface area contributed by atoms with Crippen molar-refractivity contribution in [1.82, 2.24) is 0 Å². The van der Waals surface area contributed by atoms with E-state index < -0.39 is 0 Å². The molecule has 1 atom stereocenters. The van der Waals surface area contributed by atoms with E-state index in [2.05, 4.69) is 49.4 Å². The third kappa shape index (κ3) is 10.7. The Kier molecular flexibility index (Phi) is 13.8. The van der Waals surface area contributed by atoms with E-state index in [9.17, 15) is 4.79 Å². The largest absolute Gasteiger partial charge is 0.469 e. The van der Waals surface area contributed by atoms with Crippen molar-refractivity contribution in [3.63, 3.8) is 0 Å². The number of methoxy groups -OCH3 is 1. The van der Waals surface area contributed by atoms with Crippen molar-refractivity contribution in [2.24, 2.45) is 5.92 Å². The third-order valence-corrected chi connectivity index (χ3v) is 6.74. The summed E-state index contributed by atoms with van der Waals surface area (Å²) in [5.74, 6) is -0.0914. The van der Waals surface area contributed by atoms with Crippen LogP contribution in [0.25, 0.3) is 10.8 Å². The first-order valence-electron chi connectivity index (χ1n) is 13.3. The van der Waals surface area contributed by atoms with Crippen molar-refractivity contribution in [3.05, 3.63) is 48.0 Å². The third-order valence-electron chi connectivity index (χ3n) is 6.74. The van der Waals surface area contributed by atoms with Crippen LogP contribution in [0.1, 0.15) is 109 Å². The highest BCUT2D eigenvalue weighted by molar-refractivity contribution is 5.83. The molecule has 178 valence electrons. The summed E-state index contributed by atoms with van der Waals surface area (Å²) in [5, 5.41) is 2.49. The molecule has 0 amide bonds. The minimum Gasteiger partial charge on any atom is -0.469 e. The molecule has 0 aliphatic heterocycles. The quantitative estimate of drug-likeness (QED) is 0.171. The van der Waals surface area contributed by atoms with E-state index in [1.165, 1.54) is 107 Å². The summed E-state index contributed by atoms with van der Waals surface area (Å²) in [7, 11) is 1.51. The maximum Gasteiger partial charge on any atom is 0.308 e. The smallest absolute Gasteiger partial charge is 0.308 e. The molecular formula is C30H46O2. The summed E-state index contributed by atoms with van der Waals surface area (Å²) in [6, 6.07) is 14.9. The Balaban J connectivity index is 1.56. The number of unbranched alkanes of at least 4 members (excludes halogenated alkanes) is 13. The molecule has 0 aliphatic carbocycles. The fraction of sp³-hybridized carbons (Fsp3) is 0.633. The molecule has 0 aromatic heterocycles. The number of rotatable bonds is 18. The maximum absolute atomic E-state index is 12.3. The lowest BCUT2D eigenvalue weighted by Gasteiger charge is -2.15. The van der Waals surface area contributed by atoms with Crippen LogP contribution in [0.5, 0.6) is 0 Å². The molecular weight excluding hydrogens is 392 g/mol. The van der Waals surface area contributed by atoms with E-state index in [0.29, 0.717) is 0 Å². The number of hydrogen-bond acceptors (Lipinski definition) is 2. The molecule has 2 nitrogen and oxygen atoms in total. The van der Waals surface area contributed by atoms with Crippen LogP contribution < -0.4 is 0 Å². The zero-order chi connectivity index (χ0) is 22.9. The molecule has 0 fully saturated rings. The summed E-state index contributed by atoms with van der Waals surface area (Å²) in [6.45, 7) is 2.28. The number of ether oxygens (including phenoxy) is 1. The van der Waals surface area contributed by atoms with Crippen LogP contribution in [0, 0.1) is 5.92 Å². The molecule has 0 N–H and O–H groups in total. The molecule has 0 radical (unpaired) electrons. The lowest BCUT2D eigenvalue weighted by atomic mass is 9.92. The molecule has 2 aromatic rings. The molecule has 2 heteroatoms. The zero-order valence-electron chi connectivity index (χ0n) is 20.7. The van der Waals surface area contributed by atoms with Gasteiger partial charge < -0.3 is 4.74 Å². The van der Waals surface area contributed by atoms with Gasteiger partial charge in [0.15, 0.2) is 0 Å². The normalized spacial score (nSPS) is 12.2. The van der Waals surface area contributed by atoms with Gasteiger partial charge in [-0.2, -0.15) is 0 Å². The highest BCUT2D eigenvalue weighted by atomic mass is 16.5. The zero-order valence-corrected chi connectivity index (χ0v) is 20.7. The summed E-state index contributed by atoms with van der Waals surface area (Å²) >= 11 is 0. The van der Waals surface area contributed by atoms with Gasteiger partial charge in [-0.3, -0.25) is 4.79 Å². The lowest BCUT2D eigenvalue weighted by Crippen LogP contribution is -2.18. The van der Waals surface area contributed by atoms with Crippen molar-refractivity contribution < 1.29 is 9.53 Å². The monoisotopic (exact) mass is 438 g/mol. The predicted octanol–water partition coefficient (Wildman–Crippen LogP) is 9.04. The number of esters is 1. The Morgan fingerprint density at radius 3 is 1.81 bits per heavy atom. The fourth-order valence-electron chi connectivity index (χ4n) is 4.71. The molecule has 1 unspecified atom stereocenters. The molecule has 0 aliphatic rings. The van der Waals surface area contributed by atoms with E-state index in [1.54, 1.807) is 0 Å². The highest BCUT2D eigenvalue weighted by Crippen LogP contribution is 2.22. The Hall–Kier alpha value is -1.83. The molecule has 0 saturated carbocycles. The molecule has 0 saturated heterocycles. The Labute approximate surface area is 197 Å². The van der Waals surface area contributed by atoms with Crippen LogP contribution in [0.15, 0.2) is 42.5 Å². The molecule has 0 heterocycles. The number of carbonyl (C=O) groups is 1. The summed E-state index contributed by atoms with van der Waals surface area (Å²) in [5.41, 5.74) is 1.23. The van der Waals surface area contributed by atoms with Crippen LogP contribution in [0.4, 0.5) is 0 Å². The van der Waals surface area contributed by atoms with Crippen molar-refractivity contribution >= 4 is 16.7 Å². The average Bonchev–Trinajstić information content (AvgIpc) is 2.82. The van der Waals surface area contributed by atoms with Gasteiger partial charge in [0.2, 0.25) is 0 Å². The van der Waals surface area contributed by atoms with Crippen LogP contribution >= 0.6 is 0 Å². The minimum atomic E-state index is -0.0622. The first kappa shape index (κ1) is 26.4. The molecule has 2 rings (SSSR count). The van der Waals surface area contributed by atoms with Crippen molar-refractivity contribution in [1.29, 1.82) is 0 Å². The van der Waals surface area contributed by atoms with Crippen molar-refractivity contribution in [3.8, 4) is 0 Å². The van der Waals surface area contributed by atoms with Gasteiger partial charge in [0.05, 0.1) is 13.0 Å². The first-order chi connectivity index (χ1) is 15.7. The van der Waals surface area contributed by atoms with Crippen LogP contribution in [-0.4, -0.2) is 13.1 Å². The van der Waals surface area contributed by atoms with E-state index in [4.69, 9.17) is 4.74 Å². The topological polar surface area (TPSA) is 26.3 Å². The second-order valence-corrected chi connectivity index (χ2v) is 9.49. The number of fused-ring (bicyclic) bond motifs is 1. The van der Waals surface area contributed by atoms with E-state index in [1.807, 2.05) is 0 Å². The van der Waals surface area contributed by atoms with Gasteiger partial charge >= 0.3 is 5.97 Å². The SMILES string of the molecule is CCCCCCCCCCCCCCCCC(Cc1ccc2ccccc2c1)C(=O)OC. The van der Waals surface area contributed by atoms with Gasteiger partial charge in [0.1, 0.15) is 0 Å². The second-order valence-electron chi connectivity index (χ2n) is 9.49. The standard InChI is InChI=1S/C30H46O2/c1-3-4-5-6-7-8-9-10-11-12-13-14-15-16-21-29(30(31)32-2)25-26-22-23-27-19-17-18-20-28(27)24-26/h17-20,22-24,29H,3-16,21,25H2,1-2H3. The summed E-state index contributed by atoms with van der Waals surface area (Å²) < 4.78 is 5.10. The van der Waals surface area contributed by atoms with E-state index >= 15 is 0 Å². The predicted molar refractivity (Wildman–Crippen MR) is 138 cm³/mol. The Morgan fingerprint density at radius 1 is 0.719 bits per heavy atom. The fourth-order valence-corrected chi connectivity index (χ4v) is 4.71. The van der Waals surface area contributed by atoms with Gasteiger partial charge in [-0.1, -0.05) is 139 Å². The second kappa shape index (κ2) is 16.8. The first-order valence-corrected chi connectivity index (χ1v) is 13.3. The molecule has 0 bridgehead atoms. The van der Waals surface area contributed by atoms with Gasteiger partial charge in [0.25, 0.3) is 0 Å². The Bertz CT molecular complexity index is 751. The van der Waals surface area contributed by atoms with Crippen molar-refractivity contribution in [2.75, 3.05) is 7.11 Å². The van der Waals surface area contributed by atoms with Gasteiger partial charge in [-0.05, 0) is 29.2 Å². The van der Waals surface area contributed by atoms with Crippen LogP contribution in [0.2, 0.25) is 0 Å². The average molecular weight is 439 g/mol. The molecule has 0 spiro atoms. The van der Waals surface area contributed by atoms with E-state index in [-0.39, 0.29) is 11.9 Å². The molecule has 32 heavy (non-hydrogen) atoms. The number of carbonyl (C=O) groups excluding carboxylic acids is 1. The van der Waals surface area contributed by atoms with Crippen LogP contribution in [-0.2, 0) is 16.0 Å². The van der Waals surface area contributed by atoms with Gasteiger partial charge in [-0.25, -0.2) is 0 Å². The Morgan fingerprint density at radius 2 is 1.25 bits per heavy atom. The van der Waals surface area contributed by atoms with Crippen LogP contribution in [0.3, 0.4) is 0 Å². The summed E-state index contributed by atoms with van der Waals surface area (Å²) in [6.07, 6.45) is 20.7. The van der Waals surface area contributed by atoms with E-state index in [0.717, 1.165) is 19.3 Å². The summed E-state index contributed by atoms with van der Waals surface area (Å²) in [4.78, 5) is 12.3. The van der Waals surface area contributed by atoms with Gasteiger partial charge in [-0.15, -0.1) is 0 Å². The maximum atomic E-state index is 12.3. The lowest BCUT2D eigenvalue weighted by molar-refractivity contribution is -0.145. The highest BCUT2D eigenvalue weighted by Gasteiger charge is 2.19. The minimum absolute atomic E-state index is 0.0292. The number of hydrogen-bond donors (Lipinski definition) is 0. The number of benzene rings is 2. The van der Waals surface area contributed by atoms with Gasteiger partial charge in [0, 0.05) is 0 Å². The van der Waals surface area contributed by atoms with Crippen molar-refractivity contribution in [2.45, 2.75) is 110 Å². The molecule has 2 aromatic carbocycles.